The number of alkyl halides is 3. The van der Waals surface area contributed by atoms with Gasteiger partial charge in [-0.3, -0.25) is 5.43 Å². The Hall–Kier alpha value is -2.22. The van der Waals surface area contributed by atoms with E-state index in [0.717, 1.165) is 6.07 Å². The molecule has 0 bridgehead atoms. The van der Waals surface area contributed by atoms with Crippen LogP contribution in [0.25, 0.3) is 0 Å². The number of methoxy groups -OCH3 is 1. The number of halogens is 4. The lowest BCUT2D eigenvalue weighted by Gasteiger charge is -2.11. The molecule has 0 aliphatic rings. The second-order valence-corrected chi connectivity index (χ2v) is 5.32. The lowest BCUT2D eigenvalue weighted by Crippen LogP contribution is -2.08. The van der Waals surface area contributed by atoms with Crippen molar-refractivity contribution in [3.63, 3.8) is 0 Å². The number of ether oxygens (including phenoxy) is 1. The Balaban J connectivity index is 2.22. The number of nitrogens with zero attached hydrogens (tertiary/aromatic N) is 1. The predicted octanol–water partition coefficient (Wildman–Crippen LogP) is 4.63. The molecule has 0 spiro atoms. The number of benzene rings is 2. The Morgan fingerprint density at radius 2 is 1.96 bits per heavy atom. The first-order valence-corrected chi connectivity index (χ1v) is 7.14. The fourth-order valence-electron chi connectivity index (χ4n) is 1.83. The molecule has 2 aromatic rings. The molecule has 0 saturated heterocycles. The van der Waals surface area contributed by atoms with Crippen LogP contribution in [0.4, 0.5) is 18.9 Å². The normalized spacial score (nSPS) is 11.7. The summed E-state index contributed by atoms with van der Waals surface area (Å²) in [5.74, 6) is 0.150. The molecule has 0 heterocycles. The van der Waals surface area contributed by atoms with E-state index in [2.05, 4.69) is 26.5 Å². The highest BCUT2D eigenvalue weighted by Gasteiger charge is 2.33. The number of phenols is 1. The van der Waals surface area contributed by atoms with E-state index in [9.17, 15) is 18.3 Å². The summed E-state index contributed by atoms with van der Waals surface area (Å²) in [6.45, 7) is 0. The minimum atomic E-state index is -4.47. The Labute approximate surface area is 138 Å². The van der Waals surface area contributed by atoms with E-state index in [0.29, 0.717) is 10.0 Å². The molecule has 0 saturated carbocycles. The Bertz CT molecular complexity index is 733. The first-order chi connectivity index (χ1) is 10.8. The zero-order valence-corrected chi connectivity index (χ0v) is 13.4. The fourth-order valence-corrected chi connectivity index (χ4v) is 2.29. The third-order valence-electron chi connectivity index (χ3n) is 2.90. The van der Waals surface area contributed by atoms with Crippen molar-refractivity contribution in [1.82, 2.24) is 0 Å². The van der Waals surface area contributed by atoms with E-state index >= 15 is 0 Å². The summed E-state index contributed by atoms with van der Waals surface area (Å²) in [5.41, 5.74) is 1.95. The summed E-state index contributed by atoms with van der Waals surface area (Å²) < 4.78 is 43.9. The second-order valence-electron chi connectivity index (χ2n) is 4.47. The molecule has 4 nitrogen and oxygen atoms in total. The molecule has 122 valence electrons. The zero-order valence-electron chi connectivity index (χ0n) is 11.9. The number of nitrogens with one attached hydrogen (secondary N) is 1. The summed E-state index contributed by atoms with van der Waals surface area (Å²) in [6, 6.07) is 8.10. The lowest BCUT2D eigenvalue weighted by molar-refractivity contribution is -0.136. The molecule has 0 aromatic heterocycles. The van der Waals surface area contributed by atoms with Gasteiger partial charge in [-0.15, -0.1) is 0 Å². The van der Waals surface area contributed by atoms with Crippen LogP contribution in [0.15, 0.2) is 46.0 Å². The molecule has 0 amide bonds. The molecule has 2 aromatic carbocycles. The smallest absolute Gasteiger partial charge is 0.418 e. The van der Waals surface area contributed by atoms with Gasteiger partial charge in [0, 0.05) is 0 Å². The third kappa shape index (κ3) is 4.16. The van der Waals surface area contributed by atoms with E-state index < -0.39 is 11.7 Å². The highest BCUT2D eigenvalue weighted by molar-refractivity contribution is 9.10. The number of anilines is 1. The number of para-hydroxylation sites is 1. The second kappa shape index (κ2) is 6.91. The molecule has 0 aliphatic heterocycles. The summed E-state index contributed by atoms with van der Waals surface area (Å²) in [7, 11) is 1.39. The minimum absolute atomic E-state index is 0.0694. The maximum absolute atomic E-state index is 12.9. The molecule has 0 radical (unpaired) electrons. The number of aromatic hydroxyl groups is 1. The summed E-state index contributed by atoms with van der Waals surface area (Å²) >= 11 is 3.15. The van der Waals surface area contributed by atoms with Crippen molar-refractivity contribution in [2.75, 3.05) is 12.5 Å². The fraction of sp³-hybridized carbons (Fsp3) is 0.133. The molecule has 0 aliphatic carbocycles. The first kappa shape index (κ1) is 17.1. The van der Waals surface area contributed by atoms with Crippen molar-refractivity contribution in [3.05, 3.63) is 52.0 Å². The minimum Gasteiger partial charge on any atom is -0.503 e. The molecular formula is C15H12BrF3N2O2. The van der Waals surface area contributed by atoms with E-state index in [1.165, 1.54) is 37.6 Å². The van der Waals surface area contributed by atoms with Gasteiger partial charge in [0.2, 0.25) is 0 Å². The summed E-state index contributed by atoms with van der Waals surface area (Å²) in [5, 5.41) is 13.5. The van der Waals surface area contributed by atoms with Crippen molar-refractivity contribution in [2.24, 2.45) is 5.10 Å². The molecule has 0 fully saturated rings. The standard InChI is InChI=1S/C15H12BrF3N2O2/c1-23-13-7-9(6-11(16)14(13)22)8-20-21-12-5-3-2-4-10(12)15(17,18)19/h2-8,21-22H,1H3. The highest BCUT2D eigenvalue weighted by atomic mass is 79.9. The number of rotatable bonds is 4. The van der Waals surface area contributed by atoms with Crippen molar-refractivity contribution < 1.29 is 23.0 Å². The maximum Gasteiger partial charge on any atom is 0.418 e. The summed E-state index contributed by atoms with van der Waals surface area (Å²) in [6.07, 6.45) is -3.15. The van der Waals surface area contributed by atoms with Crippen LogP contribution >= 0.6 is 15.9 Å². The van der Waals surface area contributed by atoms with Gasteiger partial charge in [0.25, 0.3) is 0 Å². The summed E-state index contributed by atoms with van der Waals surface area (Å²) in [4.78, 5) is 0. The van der Waals surface area contributed by atoms with Gasteiger partial charge in [-0.25, -0.2) is 0 Å². The Morgan fingerprint density at radius 1 is 1.26 bits per heavy atom. The van der Waals surface area contributed by atoms with Crippen molar-refractivity contribution in [3.8, 4) is 11.5 Å². The van der Waals surface area contributed by atoms with Gasteiger partial charge in [0.1, 0.15) is 0 Å². The Kier molecular flexibility index (Phi) is 5.15. The van der Waals surface area contributed by atoms with Crippen molar-refractivity contribution >= 4 is 27.8 Å². The van der Waals surface area contributed by atoms with E-state index in [1.54, 1.807) is 6.07 Å². The van der Waals surface area contributed by atoms with Crippen LogP contribution in [0.1, 0.15) is 11.1 Å². The van der Waals surface area contributed by atoms with Crippen LogP contribution in [-0.4, -0.2) is 18.4 Å². The van der Waals surface area contributed by atoms with Gasteiger partial charge in [0.15, 0.2) is 11.5 Å². The molecule has 8 heteroatoms. The number of hydrogen-bond acceptors (Lipinski definition) is 4. The monoisotopic (exact) mass is 388 g/mol. The predicted molar refractivity (Wildman–Crippen MR) is 85.0 cm³/mol. The zero-order chi connectivity index (χ0) is 17.0. The van der Waals surface area contributed by atoms with Gasteiger partial charge in [0.05, 0.1) is 29.0 Å². The molecule has 0 atom stereocenters. The van der Waals surface area contributed by atoms with Crippen molar-refractivity contribution in [2.45, 2.75) is 6.18 Å². The van der Waals surface area contributed by atoms with Crippen LogP contribution in [0.3, 0.4) is 0 Å². The number of hydrazone groups is 1. The Morgan fingerprint density at radius 3 is 2.61 bits per heavy atom. The average Bonchev–Trinajstić information content (AvgIpc) is 2.50. The largest absolute Gasteiger partial charge is 0.503 e. The highest BCUT2D eigenvalue weighted by Crippen LogP contribution is 2.35. The van der Waals surface area contributed by atoms with E-state index in [1.807, 2.05) is 0 Å². The average molecular weight is 389 g/mol. The van der Waals surface area contributed by atoms with Crippen LogP contribution in [0.5, 0.6) is 11.5 Å². The van der Waals surface area contributed by atoms with Crippen LogP contribution in [0.2, 0.25) is 0 Å². The molecule has 2 rings (SSSR count). The molecule has 0 unspecified atom stereocenters. The van der Waals surface area contributed by atoms with Crippen LogP contribution < -0.4 is 10.2 Å². The van der Waals surface area contributed by atoms with Gasteiger partial charge in [-0.05, 0) is 45.8 Å². The molecular weight excluding hydrogens is 377 g/mol. The SMILES string of the molecule is COc1cc(C=NNc2ccccc2C(F)(F)F)cc(Br)c1O. The van der Waals surface area contributed by atoms with Gasteiger partial charge >= 0.3 is 6.18 Å². The first-order valence-electron chi connectivity index (χ1n) is 6.34. The van der Waals surface area contributed by atoms with E-state index in [-0.39, 0.29) is 17.2 Å². The van der Waals surface area contributed by atoms with Gasteiger partial charge in [-0.1, -0.05) is 12.1 Å². The molecule has 23 heavy (non-hydrogen) atoms. The van der Waals surface area contributed by atoms with Crippen LogP contribution in [-0.2, 0) is 6.18 Å². The maximum atomic E-state index is 12.9. The van der Waals surface area contributed by atoms with E-state index in [4.69, 9.17) is 4.74 Å². The van der Waals surface area contributed by atoms with Gasteiger partial charge in [-0.2, -0.15) is 18.3 Å². The quantitative estimate of drug-likeness (QED) is 0.593. The number of hydrogen-bond donors (Lipinski definition) is 2. The molecule has 2 N–H and O–H groups in total. The third-order valence-corrected chi connectivity index (χ3v) is 3.51. The van der Waals surface area contributed by atoms with Crippen LogP contribution in [0, 0.1) is 0 Å². The van der Waals surface area contributed by atoms with Gasteiger partial charge < -0.3 is 9.84 Å². The topological polar surface area (TPSA) is 53.8 Å². The number of phenolic OH excluding ortho intramolecular Hbond substituents is 1. The lowest BCUT2D eigenvalue weighted by atomic mass is 10.2. The van der Waals surface area contributed by atoms with Crippen molar-refractivity contribution in [1.29, 1.82) is 0 Å².